The van der Waals surface area contributed by atoms with Crippen molar-refractivity contribution >= 4 is 11.9 Å². The van der Waals surface area contributed by atoms with E-state index < -0.39 is 29.4 Å². The van der Waals surface area contributed by atoms with Gasteiger partial charge in [0.15, 0.2) is 0 Å². The first-order valence-electron chi connectivity index (χ1n) is 4.02. The van der Waals surface area contributed by atoms with Crippen LogP contribution >= 0.6 is 0 Å². The lowest BCUT2D eigenvalue weighted by Crippen LogP contribution is -2.34. The molecule has 1 aliphatic carbocycles. The Kier molecular flexibility index (Phi) is 2.30. The summed E-state index contributed by atoms with van der Waals surface area (Å²) in [7, 11) is 0. The molecule has 74 valence electrons. The van der Waals surface area contributed by atoms with E-state index in [-0.39, 0.29) is 12.8 Å². The minimum absolute atomic E-state index is 0.0116. The summed E-state index contributed by atoms with van der Waals surface area (Å²) >= 11 is 0. The van der Waals surface area contributed by atoms with Crippen LogP contribution in [0, 0.1) is 11.8 Å². The molecule has 13 heavy (non-hydrogen) atoms. The highest BCUT2D eigenvalue weighted by molar-refractivity contribution is 5.76. The first-order chi connectivity index (χ1) is 5.84. The quantitative estimate of drug-likeness (QED) is 0.564. The number of hydrogen-bond donors (Lipinski definition) is 3. The summed E-state index contributed by atoms with van der Waals surface area (Å²) in [5, 5.41) is 26.9. The van der Waals surface area contributed by atoms with Gasteiger partial charge in [-0.25, -0.2) is 0 Å². The van der Waals surface area contributed by atoms with Crippen LogP contribution in [0.2, 0.25) is 0 Å². The molecule has 0 aromatic rings. The van der Waals surface area contributed by atoms with Crippen molar-refractivity contribution in [2.75, 3.05) is 0 Å². The summed E-state index contributed by atoms with van der Waals surface area (Å²) in [6.07, 6.45) is 0.0248. The fraction of sp³-hybridized carbons (Fsp3) is 0.750. The molecule has 5 heteroatoms. The summed E-state index contributed by atoms with van der Waals surface area (Å²) in [5.74, 6) is -3.87. The maximum absolute atomic E-state index is 10.6. The van der Waals surface area contributed by atoms with Gasteiger partial charge in [0.25, 0.3) is 0 Å². The molecule has 0 aliphatic heterocycles. The average molecular weight is 188 g/mol. The Morgan fingerprint density at radius 1 is 1.31 bits per heavy atom. The molecule has 0 amide bonds. The Labute approximate surface area is 75.0 Å². The van der Waals surface area contributed by atoms with Gasteiger partial charge in [0.05, 0.1) is 17.4 Å². The summed E-state index contributed by atoms with van der Waals surface area (Å²) in [4.78, 5) is 21.2. The Balaban J connectivity index is 2.79. The lowest BCUT2D eigenvalue weighted by Gasteiger charge is -2.21. The van der Waals surface area contributed by atoms with Crippen molar-refractivity contribution in [3.63, 3.8) is 0 Å². The summed E-state index contributed by atoms with van der Waals surface area (Å²) in [5.41, 5.74) is -1.39. The summed E-state index contributed by atoms with van der Waals surface area (Å²) < 4.78 is 0. The van der Waals surface area contributed by atoms with Crippen LogP contribution in [-0.4, -0.2) is 32.9 Å². The zero-order valence-electron chi connectivity index (χ0n) is 7.23. The molecule has 0 spiro atoms. The molecule has 1 saturated carbocycles. The van der Waals surface area contributed by atoms with Crippen molar-refractivity contribution in [1.29, 1.82) is 0 Å². The molecule has 0 aromatic heterocycles. The largest absolute Gasteiger partial charge is 0.481 e. The van der Waals surface area contributed by atoms with Crippen molar-refractivity contribution in [3.8, 4) is 0 Å². The molecule has 3 unspecified atom stereocenters. The van der Waals surface area contributed by atoms with Gasteiger partial charge in [-0.2, -0.15) is 0 Å². The van der Waals surface area contributed by atoms with Crippen molar-refractivity contribution in [2.24, 2.45) is 11.8 Å². The van der Waals surface area contributed by atoms with Crippen LogP contribution in [0.1, 0.15) is 19.8 Å². The summed E-state index contributed by atoms with van der Waals surface area (Å²) in [6.45, 7) is 1.37. The zero-order chi connectivity index (χ0) is 10.2. The third kappa shape index (κ3) is 1.80. The van der Waals surface area contributed by atoms with Crippen LogP contribution in [0.3, 0.4) is 0 Å². The van der Waals surface area contributed by atoms with Crippen LogP contribution in [0.25, 0.3) is 0 Å². The molecule has 0 heterocycles. The van der Waals surface area contributed by atoms with Gasteiger partial charge in [-0.15, -0.1) is 0 Å². The molecular weight excluding hydrogens is 176 g/mol. The second kappa shape index (κ2) is 2.99. The lowest BCUT2D eigenvalue weighted by atomic mass is 9.93. The second-order valence-corrected chi connectivity index (χ2v) is 3.72. The number of hydrogen-bond acceptors (Lipinski definition) is 3. The Bertz CT molecular complexity index is 245. The van der Waals surface area contributed by atoms with E-state index in [9.17, 15) is 14.7 Å². The van der Waals surface area contributed by atoms with Crippen molar-refractivity contribution in [2.45, 2.75) is 25.4 Å². The molecule has 1 aliphatic rings. The van der Waals surface area contributed by atoms with Crippen molar-refractivity contribution in [1.82, 2.24) is 0 Å². The Hall–Kier alpha value is -1.10. The molecule has 3 N–H and O–H groups in total. The standard InChI is InChI=1S/C8H12O5/c1-8(13)3-4(6(9)10)2-5(8)7(11)12/h4-5,13H,2-3H2,1H3,(H,9,10)(H,11,12). The van der Waals surface area contributed by atoms with Gasteiger partial charge in [-0.3, -0.25) is 9.59 Å². The monoisotopic (exact) mass is 188 g/mol. The van der Waals surface area contributed by atoms with E-state index >= 15 is 0 Å². The molecule has 1 rings (SSSR count). The molecule has 1 fully saturated rings. The highest BCUT2D eigenvalue weighted by Crippen LogP contribution is 2.39. The first-order valence-corrected chi connectivity index (χ1v) is 4.02. The topological polar surface area (TPSA) is 94.8 Å². The highest BCUT2D eigenvalue weighted by atomic mass is 16.4. The van der Waals surface area contributed by atoms with Crippen molar-refractivity contribution < 1.29 is 24.9 Å². The van der Waals surface area contributed by atoms with Crippen LogP contribution in [0.4, 0.5) is 0 Å². The maximum Gasteiger partial charge on any atom is 0.309 e. The smallest absolute Gasteiger partial charge is 0.309 e. The van der Waals surface area contributed by atoms with Crippen LogP contribution in [0.5, 0.6) is 0 Å². The van der Waals surface area contributed by atoms with Gasteiger partial charge in [0.2, 0.25) is 0 Å². The molecule has 0 radical (unpaired) electrons. The number of carboxylic acid groups (broad SMARTS) is 2. The zero-order valence-corrected chi connectivity index (χ0v) is 7.23. The van der Waals surface area contributed by atoms with Crippen LogP contribution in [-0.2, 0) is 9.59 Å². The maximum atomic E-state index is 10.6. The predicted molar refractivity (Wildman–Crippen MR) is 42.1 cm³/mol. The molecular formula is C8H12O5. The van der Waals surface area contributed by atoms with E-state index in [1.54, 1.807) is 0 Å². The van der Waals surface area contributed by atoms with E-state index in [0.29, 0.717) is 0 Å². The fourth-order valence-electron chi connectivity index (χ4n) is 1.82. The minimum Gasteiger partial charge on any atom is -0.481 e. The predicted octanol–water partition coefficient (Wildman–Crippen LogP) is -0.0672. The normalized spacial score (nSPS) is 38.9. The van der Waals surface area contributed by atoms with E-state index in [2.05, 4.69) is 0 Å². The number of aliphatic hydroxyl groups is 1. The molecule has 0 bridgehead atoms. The van der Waals surface area contributed by atoms with Crippen LogP contribution in [0.15, 0.2) is 0 Å². The highest BCUT2D eigenvalue weighted by Gasteiger charge is 2.48. The van der Waals surface area contributed by atoms with E-state index in [4.69, 9.17) is 10.2 Å². The second-order valence-electron chi connectivity index (χ2n) is 3.72. The van der Waals surface area contributed by atoms with E-state index in [0.717, 1.165) is 0 Å². The first kappa shape index (κ1) is 9.98. The van der Waals surface area contributed by atoms with Crippen molar-refractivity contribution in [3.05, 3.63) is 0 Å². The number of carboxylic acids is 2. The third-order valence-corrected chi connectivity index (χ3v) is 2.58. The van der Waals surface area contributed by atoms with Gasteiger partial charge in [-0.05, 0) is 19.8 Å². The average Bonchev–Trinajstić information content (AvgIpc) is 2.25. The fourth-order valence-corrected chi connectivity index (χ4v) is 1.82. The number of aliphatic carboxylic acids is 2. The van der Waals surface area contributed by atoms with Gasteiger partial charge < -0.3 is 15.3 Å². The molecule has 0 saturated heterocycles. The van der Waals surface area contributed by atoms with Gasteiger partial charge in [0, 0.05) is 0 Å². The Morgan fingerprint density at radius 2 is 1.85 bits per heavy atom. The van der Waals surface area contributed by atoms with E-state index in [1.165, 1.54) is 6.92 Å². The molecule has 0 aromatic carbocycles. The molecule has 5 nitrogen and oxygen atoms in total. The lowest BCUT2D eigenvalue weighted by molar-refractivity contribution is -0.148. The van der Waals surface area contributed by atoms with Gasteiger partial charge in [-0.1, -0.05) is 0 Å². The number of rotatable bonds is 2. The van der Waals surface area contributed by atoms with Gasteiger partial charge in [0.1, 0.15) is 0 Å². The SMILES string of the molecule is CC1(O)CC(C(=O)O)CC1C(=O)O. The third-order valence-electron chi connectivity index (χ3n) is 2.58. The van der Waals surface area contributed by atoms with Gasteiger partial charge >= 0.3 is 11.9 Å². The van der Waals surface area contributed by atoms with E-state index in [1.807, 2.05) is 0 Å². The Morgan fingerprint density at radius 3 is 2.08 bits per heavy atom. The van der Waals surface area contributed by atoms with Crippen LogP contribution < -0.4 is 0 Å². The minimum atomic E-state index is -1.39. The summed E-state index contributed by atoms with van der Waals surface area (Å²) in [6, 6.07) is 0. The molecule has 3 atom stereocenters. The number of carbonyl (C=O) groups is 2.